The highest BCUT2D eigenvalue weighted by Gasteiger charge is 2.09. The highest BCUT2D eigenvalue weighted by molar-refractivity contribution is 7.70. The zero-order valence-electron chi connectivity index (χ0n) is 6.45. The fourth-order valence-corrected chi connectivity index (χ4v) is 1.00. The van der Waals surface area contributed by atoms with E-state index in [-0.39, 0.29) is 0 Å². The summed E-state index contributed by atoms with van der Waals surface area (Å²) >= 11 is 5.48. The molecule has 1 N–H and O–H groups in total. The monoisotopic (exact) mass is 215 g/mol. The summed E-state index contributed by atoms with van der Waals surface area (Å²) in [6.45, 7) is 1.87. The predicted octanol–water partition coefficient (Wildman–Crippen LogP) is 0.604. The maximum absolute atomic E-state index is 10.5. The maximum Gasteiger partial charge on any atom is 0.422 e. The number of alkyl halides is 1. The van der Waals surface area contributed by atoms with Crippen LogP contribution in [0.5, 0.6) is 0 Å². The van der Waals surface area contributed by atoms with E-state index < -0.39 is 22.5 Å². The highest BCUT2D eigenvalue weighted by Crippen LogP contribution is 2.06. The molecule has 1 atom stereocenters. The van der Waals surface area contributed by atoms with Crippen LogP contribution in [0.25, 0.3) is 0 Å². The third-order valence-corrected chi connectivity index (χ3v) is 1.61. The molecule has 1 unspecified atom stereocenters. The quantitative estimate of drug-likeness (QED) is 0.532. The summed E-state index contributed by atoms with van der Waals surface area (Å²) in [4.78, 5) is 10.5. The number of hydrogen-bond acceptors (Lipinski definition) is 4. The molecule has 12 heavy (non-hydrogen) atoms. The zero-order chi connectivity index (χ0) is 9.56. The number of halogens is 1. The largest absolute Gasteiger partial charge is 0.429 e. The second-order valence-corrected chi connectivity index (χ2v) is 3.20. The van der Waals surface area contributed by atoms with Crippen LogP contribution in [0.15, 0.2) is 0 Å². The van der Waals surface area contributed by atoms with Crippen LogP contribution in [-0.2, 0) is 15.6 Å². The Morgan fingerprint density at radius 1 is 1.67 bits per heavy atom. The molecule has 0 aliphatic rings. The average molecular weight is 216 g/mol. The van der Waals surface area contributed by atoms with Crippen molar-refractivity contribution in [2.75, 3.05) is 0 Å². The van der Waals surface area contributed by atoms with Crippen LogP contribution in [0.1, 0.15) is 19.8 Å². The van der Waals surface area contributed by atoms with Crippen molar-refractivity contribution in [2.45, 2.75) is 25.3 Å². The van der Waals surface area contributed by atoms with E-state index in [1.54, 1.807) is 4.72 Å². The molecule has 0 radical (unpaired) electrons. The summed E-state index contributed by atoms with van der Waals surface area (Å²) in [5, 5.41) is 0. The van der Waals surface area contributed by atoms with E-state index in [4.69, 9.17) is 11.6 Å². The first-order valence-corrected chi connectivity index (χ1v) is 4.93. The minimum Gasteiger partial charge on any atom is -0.429 e. The van der Waals surface area contributed by atoms with Crippen molar-refractivity contribution in [1.82, 2.24) is 4.72 Å². The Bertz CT molecular complexity index is 209. The van der Waals surface area contributed by atoms with E-state index in [1.165, 1.54) is 0 Å². The van der Waals surface area contributed by atoms with Crippen molar-refractivity contribution in [3.8, 4) is 0 Å². The van der Waals surface area contributed by atoms with Crippen LogP contribution in [0.3, 0.4) is 0 Å². The first-order chi connectivity index (χ1) is 5.56. The number of rotatable bonds is 4. The molecule has 0 saturated carbocycles. The molecule has 1 amide bonds. The van der Waals surface area contributed by atoms with E-state index in [9.17, 15) is 13.2 Å². The molecule has 0 rings (SSSR count). The van der Waals surface area contributed by atoms with E-state index in [2.05, 4.69) is 4.74 Å². The number of nitrogens with one attached hydrogen (secondary N) is 1. The Balaban J connectivity index is 3.68. The van der Waals surface area contributed by atoms with E-state index in [0.29, 0.717) is 6.42 Å². The molecule has 7 heteroatoms. The lowest BCUT2D eigenvalue weighted by molar-refractivity contribution is 0.135. The predicted molar refractivity (Wildman–Crippen MR) is 44.5 cm³/mol. The van der Waals surface area contributed by atoms with Crippen LogP contribution in [0, 0.1) is 0 Å². The Hall–Kier alpha value is -0.490. The molecule has 0 aromatic carbocycles. The van der Waals surface area contributed by atoms with Gasteiger partial charge in [-0.15, -0.1) is 0 Å². The van der Waals surface area contributed by atoms with Crippen LogP contribution in [-0.4, -0.2) is 20.1 Å². The standard InChI is InChI=1S/C5H10ClNO4S/c1-2-3-4(6)11-5(8)7-12(9)10/h4,12H,2-3H2,1H3,(H,7,8,9,10). The van der Waals surface area contributed by atoms with Crippen molar-refractivity contribution >= 4 is 28.6 Å². The van der Waals surface area contributed by atoms with Crippen molar-refractivity contribution in [1.29, 1.82) is 0 Å². The molecular formula is C5H10ClNO4S. The van der Waals surface area contributed by atoms with Crippen LogP contribution in [0.2, 0.25) is 0 Å². The summed E-state index contributed by atoms with van der Waals surface area (Å²) in [6.07, 6.45) is 0.204. The smallest absolute Gasteiger partial charge is 0.422 e. The van der Waals surface area contributed by atoms with Gasteiger partial charge in [-0.3, -0.25) is 0 Å². The van der Waals surface area contributed by atoms with Crippen molar-refractivity contribution in [3.05, 3.63) is 0 Å². The number of ether oxygens (including phenoxy) is 1. The van der Waals surface area contributed by atoms with Crippen molar-refractivity contribution in [2.24, 2.45) is 0 Å². The van der Waals surface area contributed by atoms with Gasteiger partial charge in [-0.1, -0.05) is 24.9 Å². The molecule has 0 saturated heterocycles. The lowest BCUT2D eigenvalue weighted by atomic mass is 10.4. The molecule has 0 aliphatic heterocycles. The van der Waals surface area contributed by atoms with E-state index in [1.807, 2.05) is 6.92 Å². The third kappa shape index (κ3) is 6.23. The third-order valence-electron chi connectivity index (χ3n) is 0.933. The Labute approximate surface area is 77.1 Å². The number of amides is 1. The van der Waals surface area contributed by atoms with Crippen LogP contribution < -0.4 is 4.72 Å². The highest BCUT2D eigenvalue weighted by atomic mass is 35.5. The van der Waals surface area contributed by atoms with Gasteiger partial charge in [0.05, 0.1) is 0 Å². The molecule has 0 bridgehead atoms. The topological polar surface area (TPSA) is 72.5 Å². The molecule has 0 aromatic rings. The Morgan fingerprint density at radius 3 is 2.67 bits per heavy atom. The first-order valence-electron chi connectivity index (χ1n) is 3.32. The van der Waals surface area contributed by atoms with Gasteiger partial charge in [0, 0.05) is 0 Å². The fraction of sp³-hybridized carbons (Fsp3) is 0.800. The number of carbonyl (C=O) groups is 1. The van der Waals surface area contributed by atoms with Gasteiger partial charge in [0.1, 0.15) is 0 Å². The molecular weight excluding hydrogens is 206 g/mol. The molecule has 0 aromatic heterocycles. The molecule has 0 heterocycles. The van der Waals surface area contributed by atoms with Gasteiger partial charge in [-0.05, 0) is 6.42 Å². The minimum absolute atomic E-state index is 0.491. The van der Waals surface area contributed by atoms with E-state index >= 15 is 0 Å². The Kier molecular flexibility index (Phi) is 5.83. The zero-order valence-corrected chi connectivity index (χ0v) is 8.10. The van der Waals surface area contributed by atoms with Gasteiger partial charge >= 0.3 is 6.09 Å². The lowest BCUT2D eigenvalue weighted by Gasteiger charge is -2.07. The summed E-state index contributed by atoms with van der Waals surface area (Å²) < 4.78 is 25.8. The first kappa shape index (κ1) is 11.5. The van der Waals surface area contributed by atoms with Crippen molar-refractivity contribution < 1.29 is 17.9 Å². The second-order valence-electron chi connectivity index (χ2n) is 1.97. The average Bonchev–Trinajstić information content (AvgIpc) is 1.84. The Morgan fingerprint density at radius 2 is 2.25 bits per heavy atom. The van der Waals surface area contributed by atoms with Crippen LogP contribution >= 0.6 is 11.6 Å². The number of thiol groups is 1. The van der Waals surface area contributed by atoms with Gasteiger partial charge in [-0.2, -0.15) is 0 Å². The van der Waals surface area contributed by atoms with Gasteiger partial charge in [0.2, 0.25) is 10.9 Å². The maximum atomic E-state index is 10.5. The molecule has 5 nitrogen and oxygen atoms in total. The second kappa shape index (κ2) is 6.07. The number of carbonyl (C=O) groups excluding carboxylic acids is 1. The SMILES string of the molecule is CCCC(Cl)OC(=O)N[SH](=O)=O. The minimum atomic E-state index is -2.96. The van der Waals surface area contributed by atoms with Crippen molar-refractivity contribution in [3.63, 3.8) is 0 Å². The van der Waals surface area contributed by atoms with Gasteiger partial charge < -0.3 is 4.74 Å². The fourth-order valence-electron chi connectivity index (χ4n) is 0.503. The molecule has 72 valence electrons. The lowest BCUT2D eigenvalue weighted by Crippen LogP contribution is -2.25. The summed E-state index contributed by atoms with van der Waals surface area (Å²) in [6, 6.07) is 0. The van der Waals surface area contributed by atoms with Gasteiger partial charge in [-0.25, -0.2) is 17.9 Å². The van der Waals surface area contributed by atoms with E-state index in [0.717, 1.165) is 6.42 Å². The summed E-state index contributed by atoms with van der Waals surface area (Å²) in [7, 11) is -2.96. The summed E-state index contributed by atoms with van der Waals surface area (Å²) in [5.74, 6) is 0. The van der Waals surface area contributed by atoms with Gasteiger partial charge in [0.25, 0.3) is 0 Å². The van der Waals surface area contributed by atoms with Crippen LogP contribution in [0.4, 0.5) is 4.79 Å². The number of hydrogen-bond donors (Lipinski definition) is 2. The normalized spacial score (nSPS) is 12.6. The van der Waals surface area contributed by atoms with Gasteiger partial charge in [0.15, 0.2) is 5.56 Å². The molecule has 0 fully saturated rings. The summed E-state index contributed by atoms with van der Waals surface area (Å²) in [5.41, 5.74) is -0.773. The molecule has 0 aliphatic carbocycles. The molecule has 0 spiro atoms.